The average molecular weight is 440 g/mol. The van der Waals surface area contributed by atoms with Gasteiger partial charge >= 0.3 is 11.7 Å². The summed E-state index contributed by atoms with van der Waals surface area (Å²) in [6.07, 6.45) is -3.96. The van der Waals surface area contributed by atoms with Crippen molar-refractivity contribution in [2.75, 3.05) is 46.2 Å². The molecular formula is C11H22F6N2O5S2. The van der Waals surface area contributed by atoms with Crippen LogP contribution < -0.4 is 0 Å². The van der Waals surface area contributed by atoms with Crippen LogP contribution in [0.15, 0.2) is 0 Å². The van der Waals surface area contributed by atoms with Crippen LogP contribution in [-0.4, -0.2) is 79.2 Å². The molecule has 0 N–H and O–H groups in total. The van der Waals surface area contributed by atoms with Gasteiger partial charge in [0, 0.05) is 6.26 Å². The van der Waals surface area contributed by atoms with Gasteiger partial charge in [0.05, 0.1) is 36.8 Å². The van der Waals surface area contributed by atoms with E-state index in [0.29, 0.717) is 6.54 Å². The third-order valence-electron chi connectivity index (χ3n) is 3.09. The van der Waals surface area contributed by atoms with Crippen LogP contribution in [0.25, 0.3) is 4.13 Å². The van der Waals surface area contributed by atoms with E-state index < -0.39 is 38.3 Å². The maximum atomic E-state index is 11.7. The Morgan fingerprint density at radius 3 is 1.62 bits per heavy atom. The molecule has 15 heteroatoms. The van der Waals surface area contributed by atoms with Crippen molar-refractivity contribution in [3.8, 4) is 0 Å². The molecule has 0 bridgehead atoms. The van der Waals surface area contributed by atoms with Crippen LogP contribution >= 0.6 is 0 Å². The van der Waals surface area contributed by atoms with E-state index in [4.69, 9.17) is 0 Å². The molecule has 26 heavy (non-hydrogen) atoms. The first-order chi connectivity index (χ1) is 11.3. The number of rotatable bonds is 8. The SMILES string of the molecule is CC[N+](C)(CC)CCOCC(F)(F)F.CS(=O)(=O)[N-]S(=O)(=O)C(F)(F)F. The Bertz CT molecular complexity index is 612. The molecule has 0 aliphatic heterocycles. The molecule has 160 valence electrons. The minimum Gasteiger partial charge on any atom is -0.429 e. The molecular weight excluding hydrogens is 418 g/mol. The minimum absolute atomic E-state index is 0.164. The van der Waals surface area contributed by atoms with Gasteiger partial charge in [-0.1, -0.05) is 0 Å². The molecule has 0 aliphatic carbocycles. The number of halogens is 6. The Morgan fingerprint density at radius 2 is 1.38 bits per heavy atom. The first kappa shape index (κ1) is 27.6. The van der Waals surface area contributed by atoms with Crippen molar-refractivity contribution in [1.29, 1.82) is 0 Å². The maximum Gasteiger partial charge on any atom is 0.480 e. The van der Waals surface area contributed by atoms with E-state index in [1.807, 2.05) is 20.9 Å². The van der Waals surface area contributed by atoms with Crippen molar-refractivity contribution in [1.82, 2.24) is 0 Å². The highest BCUT2D eigenvalue weighted by Crippen LogP contribution is 2.29. The summed E-state index contributed by atoms with van der Waals surface area (Å²) in [6.45, 7) is 5.51. The van der Waals surface area contributed by atoms with Crippen molar-refractivity contribution in [2.24, 2.45) is 0 Å². The van der Waals surface area contributed by atoms with Crippen molar-refractivity contribution >= 4 is 20.0 Å². The van der Waals surface area contributed by atoms with Crippen LogP contribution in [0.1, 0.15) is 13.8 Å². The molecule has 0 unspecified atom stereocenters. The summed E-state index contributed by atoms with van der Waals surface area (Å²) in [4.78, 5) is 0. The fraction of sp³-hybridized carbons (Fsp3) is 1.00. The van der Waals surface area contributed by atoms with Crippen LogP contribution in [0, 0.1) is 0 Å². The second-order valence-corrected chi connectivity index (χ2v) is 8.85. The normalized spacial score (nSPS) is 13.9. The minimum atomic E-state index is -5.92. The summed E-state index contributed by atoms with van der Waals surface area (Å²) in [5.41, 5.74) is -5.67. The Hall–Kier alpha value is -0.640. The van der Waals surface area contributed by atoms with Crippen LogP contribution in [0.4, 0.5) is 26.3 Å². The number of sulfonamides is 2. The largest absolute Gasteiger partial charge is 0.480 e. The third-order valence-corrected chi connectivity index (χ3v) is 5.55. The lowest BCUT2D eigenvalue weighted by Crippen LogP contribution is -2.46. The topological polar surface area (TPSA) is 91.6 Å². The van der Waals surface area contributed by atoms with Gasteiger partial charge in [-0.15, -0.1) is 0 Å². The predicted octanol–water partition coefficient (Wildman–Crippen LogP) is 2.22. The van der Waals surface area contributed by atoms with Gasteiger partial charge in [-0.3, -0.25) is 0 Å². The lowest BCUT2D eigenvalue weighted by Gasteiger charge is -2.31. The molecule has 7 nitrogen and oxygen atoms in total. The van der Waals surface area contributed by atoms with Gasteiger partial charge in [-0.2, -0.15) is 26.3 Å². The number of hydrogen-bond donors (Lipinski definition) is 0. The summed E-state index contributed by atoms with van der Waals surface area (Å²) in [5.74, 6) is 0. The van der Waals surface area contributed by atoms with Gasteiger partial charge in [0.25, 0.3) is 0 Å². The third kappa shape index (κ3) is 13.5. The monoisotopic (exact) mass is 440 g/mol. The molecule has 0 atom stereocenters. The van der Waals surface area contributed by atoms with Gasteiger partial charge in [-0.05, 0) is 13.8 Å². The standard InChI is InChI=1S/C9H19F3NO.C2H3F3NO4S2/c1-4-13(3,5-2)6-7-14-8-9(10,11)12;1-11(7,8)6-12(9,10)2(3,4)5/h4-8H2,1-3H3;1H3/q+1;-1. The highest BCUT2D eigenvalue weighted by Gasteiger charge is 2.40. The van der Waals surface area contributed by atoms with Crippen molar-refractivity contribution < 1.29 is 52.4 Å². The number of ether oxygens (including phenoxy) is 1. The molecule has 0 aromatic carbocycles. The average Bonchev–Trinajstić information content (AvgIpc) is 2.39. The summed E-state index contributed by atoms with van der Waals surface area (Å²) >= 11 is 0. The van der Waals surface area contributed by atoms with Crippen molar-refractivity contribution in [3.63, 3.8) is 0 Å². The van der Waals surface area contributed by atoms with Gasteiger partial charge in [0.2, 0.25) is 0 Å². The lowest BCUT2D eigenvalue weighted by molar-refractivity contribution is -0.906. The van der Waals surface area contributed by atoms with Gasteiger partial charge in [0.1, 0.15) is 13.2 Å². The van der Waals surface area contributed by atoms with E-state index in [1.165, 1.54) is 0 Å². The summed E-state index contributed by atoms with van der Waals surface area (Å²) in [7, 11) is -8.46. The number of hydrogen-bond acceptors (Lipinski definition) is 5. The zero-order valence-corrected chi connectivity index (χ0v) is 16.2. The second kappa shape index (κ2) is 10.1. The molecule has 0 saturated carbocycles. The van der Waals surface area contributed by atoms with Crippen molar-refractivity contribution in [2.45, 2.75) is 25.5 Å². The summed E-state index contributed by atoms with van der Waals surface area (Å²) in [5, 5.41) is 0. The number of nitrogens with zero attached hydrogens (tertiary/aromatic N) is 2. The first-order valence-electron chi connectivity index (χ1n) is 7.02. The molecule has 0 rings (SSSR count). The smallest absolute Gasteiger partial charge is 0.429 e. The Kier molecular flexibility index (Phi) is 10.7. The maximum absolute atomic E-state index is 11.7. The molecule has 0 aliphatic rings. The van der Waals surface area contributed by atoms with Gasteiger partial charge in [-0.25, -0.2) is 16.8 Å². The van der Waals surface area contributed by atoms with Crippen LogP contribution in [0.5, 0.6) is 0 Å². The molecule has 0 radical (unpaired) electrons. The Balaban J connectivity index is 0. The predicted molar refractivity (Wildman–Crippen MR) is 82.2 cm³/mol. The highest BCUT2D eigenvalue weighted by molar-refractivity contribution is 8.12. The van der Waals surface area contributed by atoms with Crippen molar-refractivity contribution in [3.05, 3.63) is 4.13 Å². The summed E-state index contributed by atoms with van der Waals surface area (Å²) < 4.78 is 116. The van der Waals surface area contributed by atoms with Gasteiger partial charge in [0.15, 0.2) is 10.0 Å². The quantitative estimate of drug-likeness (QED) is 0.328. The molecule has 0 fully saturated rings. The zero-order chi connectivity index (χ0) is 21.4. The van der Waals surface area contributed by atoms with E-state index in [-0.39, 0.29) is 12.9 Å². The second-order valence-electron chi connectivity index (χ2n) is 5.37. The molecule has 0 aromatic heterocycles. The zero-order valence-electron chi connectivity index (χ0n) is 14.6. The van der Waals surface area contributed by atoms with Crippen LogP contribution in [0.2, 0.25) is 0 Å². The molecule has 0 aromatic rings. The summed E-state index contributed by atoms with van der Waals surface area (Å²) in [6, 6.07) is 0. The van der Waals surface area contributed by atoms with E-state index in [0.717, 1.165) is 17.6 Å². The van der Waals surface area contributed by atoms with Crippen LogP contribution in [0.3, 0.4) is 0 Å². The first-order valence-corrected chi connectivity index (χ1v) is 10.3. The molecule has 0 saturated heterocycles. The number of alkyl halides is 6. The fourth-order valence-electron chi connectivity index (χ4n) is 1.23. The van der Waals surface area contributed by atoms with Crippen LogP contribution in [-0.2, 0) is 24.8 Å². The van der Waals surface area contributed by atoms with E-state index in [1.54, 1.807) is 4.13 Å². The number of likely N-dealkylation sites (N-methyl/N-ethyl adjacent to an activating group) is 1. The molecule has 0 spiro atoms. The van der Waals surface area contributed by atoms with E-state index >= 15 is 0 Å². The number of quaternary nitrogens is 1. The van der Waals surface area contributed by atoms with Gasteiger partial charge < -0.3 is 13.3 Å². The molecule has 0 amide bonds. The lowest BCUT2D eigenvalue weighted by atomic mass is 10.4. The van der Waals surface area contributed by atoms with E-state index in [9.17, 15) is 43.2 Å². The Morgan fingerprint density at radius 1 is 0.962 bits per heavy atom. The Labute approximate surface area is 149 Å². The highest BCUT2D eigenvalue weighted by atomic mass is 32.3. The van der Waals surface area contributed by atoms with E-state index in [2.05, 4.69) is 4.74 Å². The molecule has 0 heterocycles. The fourth-order valence-corrected chi connectivity index (χ4v) is 3.00.